The summed E-state index contributed by atoms with van der Waals surface area (Å²) in [5.74, 6) is -0.388. The molecule has 3 unspecified atom stereocenters. The van der Waals surface area contributed by atoms with Crippen molar-refractivity contribution in [1.29, 1.82) is 0 Å². The Hall–Kier alpha value is -0.690. The number of nitrogens with two attached hydrogens (primary N) is 1. The van der Waals surface area contributed by atoms with Gasteiger partial charge in [0.2, 0.25) is 0 Å². The lowest BCUT2D eigenvalue weighted by Gasteiger charge is -2.42. The zero-order valence-electron chi connectivity index (χ0n) is 10.5. The van der Waals surface area contributed by atoms with Crippen LogP contribution in [0.1, 0.15) is 20.3 Å². The van der Waals surface area contributed by atoms with Crippen molar-refractivity contribution in [2.45, 2.75) is 50.7 Å². The van der Waals surface area contributed by atoms with E-state index in [1.165, 1.54) is 14.0 Å². The Morgan fingerprint density at radius 2 is 2.12 bits per heavy atom. The number of methoxy groups -OCH3 is 1. The van der Waals surface area contributed by atoms with E-state index in [-0.39, 0.29) is 18.7 Å². The Kier molecular flexibility index (Phi) is 5.32. The molecule has 6 heteroatoms. The maximum absolute atomic E-state index is 10.8. The van der Waals surface area contributed by atoms with Crippen LogP contribution in [0.4, 0.5) is 0 Å². The molecule has 0 amide bonds. The fraction of sp³-hybridized carbons (Fsp3) is 0.909. The smallest absolute Gasteiger partial charge is 0.302 e. The maximum Gasteiger partial charge on any atom is 0.302 e. The minimum atomic E-state index is -0.820. The second kappa shape index (κ2) is 6.30. The Morgan fingerprint density at radius 3 is 2.59 bits per heavy atom. The molecule has 1 fully saturated rings. The van der Waals surface area contributed by atoms with E-state index >= 15 is 0 Å². The largest absolute Gasteiger partial charge is 0.463 e. The van der Waals surface area contributed by atoms with Gasteiger partial charge in [-0.05, 0) is 6.42 Å². The van der Waals surface area contributed by atoms with Gasteiger partial charge >= 0.3 is 5.97 Å². The molecule has 3 N–H and O–H groups in total. The first-order valence-corrected chi connectivity index (χ1v) is 5.76. The Balaban J connectivity index is 2.68. The van der Waals surface area contributed by atoms with E-state index in [1.54, 1.807) is 0 Å². The zero-order chi connectivity index (χ0) is 13.0. The van der Waals surface area contributed by atoms with Crippen LogP contribution in [0.25, 0.3) is 0 Å². The summed E-state index contributed by atoms with van der Waals surface area (Å²) >= 11 is 0. The van der Waals surface area contributed by atoms with Gasteiger partial charge in [0, 0.05) is 14.0 Å². The minimum absolute atomic E-state index is 0.0636. The summed E-state index contributed by atoms with van der Waals surface area (Å²) < 4.78 is 15.7. The van der Waals surface area contributed by atoms with E-state index in [0.717, 1.165) is 0 Å². The first-order chi connectivity index (χ1) is 8.01. The number of rotatable bonds is 4. The molecule has 5 atom stereocenters. The number of esters is 1. The van der Waals surface area contributed by atoms with Crippen LogP contribution < -0.4 is 5.73 Å². The van der Waals surface area contributed by atoms with E-state index in [0.29, 0.717) is 6.42 Å². The molecule has 0 aromatic heterocycles. The van der Waals surface area contributed by atoms with Crippen LogP contribution in [0, 0.1) is 0 Å². The van der Waals surface area contributed by atoms with Crippen molar-refractivity contribution in [3.8, 4) is 0 Å². The monoisotopic (exact) mass is 247 g/mol. The molecule has 1 heterocycles. The zero-order valence-corrected chi connectivity index (χ0v) is 10.5. The summed E-state index contributed by atoms with van der Waals surface area (Å²) in [7, 11) is 1.47. The molecule has 6 nitrogen and oxygen atoms in total. The van der Waals surface area contributed by atoms with Gasteiger partial charge in [0.05, 0.1) is 12.1 Å². The van der Waals surface area contributed by atoms with Crippen molar-refractivity contribution < 1.29 is 24.1 Å². The standard InChI is InChI=1S/C11H21NO5/c1-4-7-9(12)10(14)11(15-3)8(17-7)5-16-6(2)13/h7-11,14H,4-5,12H2,1-3H3/t7?,8?,9-,10?,11-/m1/s1. The first kappa shape index (κ1) is 14.4. The Labute approximate surface area is 101 Å². The molecule has 1 saturated heterocycles. The van der Waals surface area contributed by atoms with E-state index < -0.39 is 24.4 Å². The maximum atomic E-state index is 10.8. The Morgan fingerprint density at radius 1 is 1.47 bits per heavy atom. The van der Waals surface area contributed by atoms with Crippen molar-refractivity contribution in [1.82, 2.24) is 0 Å². The van der Waals surface area contributed by atoms with Crippen molar-refractivity contribution in [3.63, 3.8) is 0 Å². The number of hydrogen-bond acceptors (Lipinski definition) is 6. The van der Waals surface area contributed by atoms with E-state index in [9.17, 15) is 9.90 Å². The van der Waals surface area contributed by atoms with Crippen LogP contribution in [-0.2, 0) is 19.0 Å². The summed E-state index contributed by atoms with van der Waals surface area (Å²) in [5, 5.41) is 10.0. The lowest BCUT2D eigenvalue weighted by atomic mass is 9.92. The second-order valence-corrected chi connectivity index (χ2v) is 4.19. The normalized spacial score (nSPS) is 37.8. The van der Waals surface area contributed by atoms with E-state index in [1.807, 2.05) is 6.92 Å². The van der Waals surface area contributed by atoms with Crippen LogP contribution in [0.2, 0.25) is 0 Å². The molecule has 100 valence electrons. The minimum Gasteiger partial charge on any atom is -0.463 e. The summed E-state index contributed by atoms with van der Waals surface area (Å²) in [6, 6.07) is -0.487. The fourth-order valence-electron chi connectivity index (χ4n) is 2.04. The Bertz CT molecular complexity index is 260. The van der Waals surface area contributed by atoms with E-state index in [2.05, 4.69) is 0 Å². The highest BCUT2D eigenvalue weighted by Gasteiger charge is 2.43. The number of carbonyl (C=O) groups is 1. The van der Waals surface area contributed by atoms with Gasteiger partial charge in [0.1, 0.15) is 24.9 Å². The lowest BCUT2D eigenvalue weighted by Crippen LogP contribution is -2.62. The SMILES string of the molecule is CCC1OC(COC(C)=O)[C@@H](OC)C(O)[C@@H]1N. The molecule has 17 heavy (non-hydrogen) atoms. The predicted octanol–water partition coefficient (Wildman–Crippen LogP) is -0.570. The van der Waals surface area contributed by atoms with Gasteiger partial charge in [-0.3, -0.25) is 4.79 Å². The number of carbonyl (C=O) groups excluding carboxylic acids is 1. The van der Waals surface area contributed by atoms with Crippen LogP contribution in [0.3, 0.4) is 0 Å². The van der Waals surface area contributed by atoms with Gasteiger partial charge in [-0.1, -0.05) is 6.92 Å². The average molecular weight is 247 g/mol. The van der Waals surface area contributed by atoms with Gasteiger partial charge in [-0.25, -0.2) is 0 Å². The predicted molar refractivity (Wildman–Crippen MR) is 60.4 cm³/mol. The van der Waals surface area contributed by atoms with Crippen LogP contribution in [-0.4, -0.2) is 55.3 Å². The van der Waals surface area contributed by atoms with Gasteiger partial charge in [-0.15, -0.1) is 0 Å². The highest BCUT2D eigenvalue weighted by Crippen LogP contribution is 2.24. The molecule has 0 aliphatic carbocycles. The molecule has 1 rings (SSSR count). The summed E-state index contributed by atoms with van der Waals surface area (Å²) in [4.78, 5) is 10.8. The highest BCUT2D eigenvalue weighted by molar-refractivity contribution is 5.65. The molecule has 1 aliphatic heterocycles. The third kappa shape index (κ3) is 3.38. The van der Waals surface area contributed by atoms with Gasteiger partial charge in [0.25, 0.3) is 0 Å². The third-order valence-electron chi connectivity index (χ3n) is 3.00. The lowest BCUT2D eigenvalue weighted by molar-refractivity contribution is -0.204. The molecule has 0 saturated carbocycles. The van der Waals surface area contributed by atoms with Crippen LogP contribution in [0.5, 0.6) is 0 Å². The molecule has 0 bridgehead atoms. The van der Waals surface area contributed by atoms with Crippen molar-refractivity contribution in [3.05, 3.63) is 0 Å². The number of ether oxygens (including phenoxy) is 3. The quantitative estimate of drug-likeness (QED) is 0.646. The van der Waals surface area contributed by atoms with Crippen molar-refractivity contribution >= 4 is 5.97 Å². The second-order valence-electron chi connectivity index (χ2n) is 4.19. The third-order valence-corrected chi connectivity index (χ3v) is 3.00. The van der Waals surface area contributed by atoms with E-state index in [4.69, 9.17) is 19.9 Å². The highest BCUT2D eigenvalue weighted by atomic mass is 16.6. The number of aliphatic hydroxyl groups is 1. The molecule has 0 spiro atoms. The van der Waals surface area contributed by atoms with Crippen molar-refractivity contribution in [2.24, 2.45) is 5.73 Å². The topological polar surface area (TPSA) is 91.0 Å². The van der Waals surface area contributed by atoms with Crippen LogP contribution >= 0.6 is 0 Å². The fourth-order valence-corrected chi connectivity index (χ4v) is 2.04. The number of hydrogen-bond donors (Lipinski definition) is 2. The molecule has 0 aromatic carbocycles. The summed E-state index contributed by atoms with van der Waals surface area (Å²) in [5.41, 5.74) is 5.85. The summed E-state index contributed by atoms with van der Waals surface area (Å²) in [6.45, 7) is 3.31. The first-order valence-electron chi connectivity index (χ1n) is 5.76. The van der Waals surface area contributed by atoms with Gasteiger partial charge in [0.15, 0.2) is 0 Å². The van der Waals surface area contributed by atoms with Crippen LogP contribution in [0.15, 0.2) is 0 Å². The van der Waals surface area contributed by atoms with Gasteiger partial charge in [-0.2, -0.15) is 0 Å². The molecule has 0 aromatic rings. The number of aliphatic hydroxyl groups excluding tert-OH is 1. The average Bonchev–Trinajstić information content (AvgIpc) is 2.30. The molecular formula is C11H21NO5. The van der Waals surface area contributed by atoms with Gasteiger partial charge < -0.3 is 25.1 Å². The van der Waals surface area contributed by atoms with Crippen molar-refractivity contribution in [2.75, 3.05) is 13.7 Å². The summed E-state index contributed by atoms with van der Waals surface area (Å²) in [6.07, 6.45) is -1.45. The molecule has 0 radical (unpaired) electrons. The molecular weight excluding hydrogens is 226 g/mol. The molecule has 1 aliphatic rings.